The van der Waals surface area contributed by atoms with Gasteiger partial charge in [0.25, 0.3) is 0 Å². The molecular formula is C19H28ClIN6O. The number of nitrogens with zero attached hydrogens (tertiary/aromatic N) is 5. The Balaban J connectivity index is 0.00000280. The number of nitrogens with one attached hydrogen (secondary N) is 1. The molecule has 0 radical (unpaired) electrons. The van der Waals surface area contributed by atoms with Crippen molar-refractivity contribution in [3.8, 4) is 0 Å². The van der Waals surface area contributed by atoms with E-state index in [1.807, 2.05) is 43.8 Å². The number of halogens is 2. The van der Waals surface area contributed by atoms with E-state index in [0.717, 1.165) is 54.2 Å². The Labute approximate surface area is 188 Å². The second-order valence-electron chi connectivity index (χ2n) is 6.86. The van der Waals surface area contributed by atoms with Gasteiger partial charge in [0.2, 0.25) is 0 Å². The minimum atomic E-state index is 0. The number of aryl methyl sites for hydroxylation is 1. The van der Waals surface area contributed by atoms with Crippen molar-refractivity contribution >= 4 is 41.5 Å². The Hall–Kier alpha value is -1.39. The van der Waals surface area contributed by atoms with Crippen LogP contribution in [0.25, 0.3) is 0 Å². The molecule has 0 bridgehead atoms. The molecule has 0 amide bonds. The zero-order valence-corrected chi connectivity index (χ0v) is 19.6. The zero-order chi connectivity index (χ0) is 19.2. The number of hydrogen-bond donors (Lipinski definition) is 1. The lowest BCUT2D eigenvalue weighted by Crippen LogP contribution is -2.42. The first-order valence-electron chi connectivity index (χ1n) is 9.23. The van der Waals surface area contributed by atoms with Crippen molar-refractivity contribution in [2.24, 2.45) is 12.0 Å². The number of rotatable bonds is 6. The van der Waals surface area contributed by atoms with Gasteiger partial charge in [-0.05, 0) is 37.5 Å². The minimum absolute atomic E-state index is 0. The van der Waals surface area contributed by atoms with Crippen LogP contribution in [0.2, 0.25) is 5.02 Å². The van der Waals surface area contributed by atoms with Crippen LogP contribution in [0, 0.1) is 6.92 Å². The third kappa shape index (κ3) is 6.31. The van der Waals surface area contributed by atoms with Crippen LogP contribution in [0.1, 0.15) is 30.1 Å². The third-order valence-electron chi connectivity index (χ3n) is 4.74. The molecule has 9 heteroatoms. The van der Waals surface area contributed by atoms with Crippen LogP contribution in [0.4, 0.5) is 0 Å². The lowest BCUT2D eigenvalue weighted by molar-refractivity contribution is 0.113. The molecule has 3 rings (SSSR count). The highest BCUT2D eigenvalue weighted by atomic mass is 127. The summed E-state index contributed by atoms with van der Waals surface area (Å²) in [6, 6.07) is 7.88. The monoisotopic (exact) mass is 518 g/mol. The van der Waals surface area contributed by atoms with Gasteiger partial charge in [-0.2, -0.15) is 0 Å². The van der Waals surface area contributed by atoms with Gasteiger partial charge in [-0.3, -0.25) is 0 Å². The zero-order valence-electron chi connectivity index (χ0n) is 16.6. The molecule has 1 unspecified atom stereocenters. The summed E-state index contributed by atoms with van der Waals surface area (Å²) in [5, 5.41) is 12.5. The summed E-state index contributed by atoms with van der Waals surface area (Å²) < 4.78 is 7.68. The molecule has 2 aromatic rings. The molecule has 1 fully saturated rings. The molecule has 28 heavy (non-hydrogen) atoms. The van der Waals surface area contributed by atoms with Crippen molar-refractivity contribution in [3.05, 3.63) is 46.5 Å². The van der Waals surface area contributed by atoms with Crippen molar-refractivity contribution in [3.63, 3.8) is 0 Å². The average Bonchev–Trinajstić information content (AvgIpc) is 3.26. The van der Waals surface area contributed by atoms with Gasteiger partial charge in [0.15, 0.2) is 11.8 Å². The third-order valence-corrected chi connectivity index (χ3v) is 4.97. The maximum atomic E-state index is 6.12. The van der Waals surface area contributed by atoms with E-state index < -0.39 is 0 Å². The van der Waals surface area contributed by atoms with Crippen LogP contribution in [0.3, 0.4) is 0 Å². The Morgan fingerprint density at radius 1 is 1.43 bits per heavy atom. The first-order valence-corrected chi connectivity index (χ1v) is 9.61. The fourth-order valence-corrected chi connectivity index (χ4v) is 3.25. The van der Waals surface area contributed by atoms with Crippen molar-refractivity contribution in [2.45, 2.75) is 39.0 Å². The summed E-state index contributed by atoms with van der Waals surface area (Å²) in [5.41, 5.74) is 1.13. The molecule has 0 saturated carbocycles. The molecule has 154 valence electrons. The number of benzene rings is 1. The van der Waals surface area contributed by atoms with Crippen molar-refractivity contribution in [1.82, 2.24) is 25.0 Å². The van der Waals surface area contributed by atoms with E-state index in [2.05, 4.69) is 26.5 Å². The molecule has 2 heterocycles. The number of guanidine groups is 1. The van der Waals surface area contributed by atoms with Gasteiger partial charge in [0.1, 0.15) is 12.4 Å². The second-order valence-corrected chi connectivity index (χ2v) is 7.30. The molecular weight excluding hydrogens is 491 g/mol. The van der Waals surface area contributed by atoms with Crippen LogP contribution in [0.5, 0.6) is 0 Å². The number of aliphatic imine (C=N–C) groups is 1. The van der Waals surface area contributed by atoms with E-state index in [-0.39, 0.29) is 30.1 Å². The Morgan fingerprint density at radius 3 is 2.89 bits per heavy atom. The Bertz CT molecular complexity index is 790. The van der Waals surface area contributed by atoms with Crippen LogP contribution in [-0.4, -0.2) is 51.9 Å². The summed E-state index contributed by atoms with van der Waals surface area (Å²) in [6.45, 7) is 4.69. The van der Waals surface area contributed by atoms with Crippen LogP contribution >= 0.6 is 35.6 Å². The molecule has 1 aliphatic heterocycles. The predicted molar refractivity (Wildman–Crippen MR) is 122 cm³/mol. The average molecular weight is 519 g/mol. The number of ether oxygens (including phenoxy) is 1. The second kappa shape index (κ2) is 11.0. The van der Waals surface area contributed by atoms with E-state index >= 15 is 0 Å². The van der Waals surface area contributed by atoms with Crippen molar-refractivity contribution < 1.29 is 4.74 Å². The summed E-state index contributed by atoms with van der Waals surface area (Å²) in [5.74, 6) is 2.52. The van der Waals surface area contributed by atoms with Gasteiger partial charge in [0, 0.05) is 38.8 Å². The molecule has 0 aliphatic carbocycles. The normalized spacial score (nSPS) is 16.7. The van der Waals surface area contributed by atoms with Gasteiger partial charge < -0.3 is 19.5 Å². The standard InChI is InChI=1S/C19H27ClN6O.HI/c1-14-23-24-18(26(14)3)12-22-19(21-11-17-8-5-9-27-17)25(2)13-15-6-4-7-16(20)10-15;/h4,6-7,10,17H,5,8-9,11-13H2,1-3H3,(H,21,22);1H. The summed E-state index contributed by atoms with van der Waals surface area (Å²) in [6.07, 6.45) is 2.45. The van der Waals surface area contributed by atoms with Gasteiger partial charge in [-0.25, -0.2) is 4.99 Å². The molecule has 1 saturated heterocycles. The molecule has 1 atom stereocenters. The SMILES string of the molecule is Cc1nnc(CN=C(NCC2CCCO2)N(C)Cc2cccc(Cl)c2)n1C.I. The Kier molecular flexibility index (Phi) is 8.97. The van der Waals surface area contributed by atoms with E-state index in [9.17, 15) is 0 Å². The maximum absolute atomic E-state index is 6.12. The molecule has 1 aromatic carbocycles. The number of hydrogen-bond acceptors (Lipinski definition) is 4. The van der Waals surface area contributed by atoms with Crippen LogP contribution < -0.4 is 5.32 Å². The van der Waals surface area contributed by atoms with Crippen LogP contribution in [0.15, 0.2) is 29.3 Å². The van der Waals surface area contributed by atoms with Crippen molar-refractivity contribution in [1.29, 1.82) is 0 Å². The molecule has 0 spiro atoms. The van der Waals surface area contributed by atoms with E-state index in [1.54, 1.807) is 0 Å². The van der Waals surface area contributed by atoms with Crippen molar-refractivity contribution in [2.75, 3.05) is 20.2 Å². The molecule has 7 nitrogen and oxygen atoms in total. The first kappa shape index (κ1) is 22.9. The Morgan fingerprint density at radius 2 is 2.25 bits per heavy atom. The maximum Gasteiger partial charge on any atom is 0.194 e. The molecule has 1 aromatic heterocycles. The largest absolute Gasteiger partial charge is 0.376 e. The number of aromatic nitrogens is 3. The lowest BCUT2D eigenvalue weighted by atomic mass is 10.2. The first-order chi connectivity index (χ1) is 13.0. The fourth-order valence-electron chi connectivity index (χ4n) is 3.04. The quantitative estimate of drug-likeness (QED) is 0.362. The summed E-state index contributed by atoms with van der Waals surface area (Å²) in [4.78, 5) is 6.85. The predicted octanol–water partition coefficient (Wildman–Crippen LogP) is 3.15. The van der Waals surface area contributed by atoms with Gasteiger partial charge in [-0.15, -0.1) is 34.2 Å². The van der Waals surface area contributed by atoms with E-state index in [4.69, 9.17) is 21.3 Å². The molecule has 1 N–H and O–H groups in total. The van der Waals surface area contributed by atoms with Gasteiger partial charge in [0.05, 0.1) is 6.10 Å². The highest BCUT2D eigenvalue weighted by Crippen LogP contribution is 2.13. The van der Waals surface area contributed by atoms with E-state index in [0.29, 0.717) is 13.1 Å². The fraction of sp³-hybridized carbons (Fsp3) is 0.526. The summed E-state index contributed by atoms with van der Waals surface area (Å²) >= 11 is 6.12. The highest BCUT2D eigenvalue weighted by molar-refractivity contribution is 14.0. The van der Waals surface area contributed by atoms with Crippen LogP contribution in [-0.2, 0) is 24.9 Å². The van der Waals surface area contributed by atoms with E-state index in [1.165, 1.54) is 0 Å². The highest BCUT2D eigenvalue weighted by Gasteiger charge is 2.17. The topological polar surface area (TPSA) is 67.6 Å². The molecule has 1 aliphatic rings. The lowest BCUT2D eigenvalue weighted by Gasteiger charge is -2.24. The van der Waals surface area contributed by atoms with Gasteiger partial charge >= 0.3 is 0 Å². The smallest absolute Gasteiger partial charge is 0.194 e. The van der Waals surface area contributed by atoms with Gasteiger partial charge in [-0.1, -0.05) is 23.7 Å². The minimum Gasteiger partial charge on any atom is -0.376 e. The summed E-state index contributed by atoms with van der Waals surface area (Å²) in [7, 11) is 3.97.